The molecule has 0 N–H and O–H groups in total. The predicted octanol–water partition coefficient (Wildman–Crippen LogP) is 3.74. The second-order valence-electron chi connectivity index (χ2n) is 3.86. The van der Waals surface area contributed by atoms with E-state index in [2.05, 4.69) is 20.9 Å². The second-order valence-corrected chi connectivity index (χ2v) is 4.42. The molecule has 0 amide bonds. The molecule has 0 aliphatic rings. The second kappa shape index (κ2) is 6.50. The van der Waals surface area contributed by atoms with E-state index in [1.165, 1.54) is 6.07 Å². The Morgan fingerprint density at radius 1 is 1.22 bits per heavy atom. The summed E-state index contributed by atoms with van der Waals surface area (Å²) in [6.45, 7) is 0.441. The Labute approximate surface area is 114 Å². The van der Waals surface area contributed by atoms with E-state index in [-0.39, 0.29) is 5.82 Å². The van der Waals surface area contributed by atoms with Gasteiger partial charge in [0.2, 0.25) is 0 Å². The molecule has 1 aromatic heterocycles. The Kier molecular flexibility index (Phi) is 4.70. The van der Waals surface area contributed by atoms with E-state index in [0.717, 1.165) is 11.1 Å². The van der Waals surface area contributed by atoms with Gasteiger partial charge in [-0.2, -0.15) is 0 Å². The fourth-order valence-corrected chi connectivity index (χ4v) is 1.92. The van der Waals surface area contributed by atoms with Crippen LogP contribution in [0.1, 0.15) is 11.1 Å². The van der Waals surface area contributed by atoms with Gasteiger partial charge >= 0.3 is 0 Å². The van der Waals surface area contributed by atoms with Gasteiger partial charge in [0.05, 0.1) is 6.61 Å². The third kappa shape index (κ3) is 3.53. The minimum absolute atomic E-state index is 0.295. The Hall–Kier alpha value is -1.42. The molecule has 0 spiro atoms. The lowest BCUT2D eigenvalue weighted by molar-refractivity contribution is 0.305. The van der Waals surface area contributed by atoms with Crippen molar-refractivity contribution in [1.82, 2.24) is 4.98 Å². The molecule has 0 radical (unpaired) electrons. The molecule has 1 heterocycles. The van der Waals surface area contributed by atoms with Crippen LogP contribution in [0.2, 0.25) is 0 Å². The number of hydrogen-bond donors (Lipinski definition) is 0. The number of aromatic nitrogens is 1. The summed E-state index contributed by atoms with van der Waals surface area (Å²) in [6, 6.07) is 8.84. The van der Waals surface area contributed by atoms with Crippen LogP contribution in [0, 0.1) is 5.82 Å². The van der Waals surface area contributed by atoms with Gasteiger partial charge in [0.1, 0.15) is 0 Å². The van der Waals surface area contributed by atoms with Crippen LogP contribution in [0.3, 0.4) is 0 Å². The largest absolute Gasteiger partial charge is 0.490 e. The van der Waals surface area contributed by atoms with E-state index in [4.69, 9.17) is 4.74 Å². The molecule has 2 nitrogen and oxygen atoms in total. The number of benzene rings is 1. The monoisotopic (exact) mass is 309 g/mol. The van der Waals surface area contributed by atoms with Gasteiger partial charge < -0.3 is 4.74 Å². The summed E-state index contributed by atoms with van der Waals surface area (Å²) >= 11 is 3.29. The zero-order chi connectivity index (χ0) is 12.8. The summed E-state index contributed by atoms with van der Waals surface area (Å²) in [7, 11) is 0. The average molecular weight is 310 g/mol. The maximum atomic E-state index is 13.6. The molecule has 0 atom stereocenters. The minimum atomic E-state index is -0.321. The van der Waals surface area contributed by atoms with Crippen LogP contribution in [0.5, 0.6) is 5.75 Å². The summed E-state index contributed by atoms with van der Waals surface area (Å²) in [5, 5.41) is 0.639. The summed E-state index contributed by atoms with van der Waals surface area (Å²) in [5.41, 5.74) is 1.97. The van der Waals surface area contributed by atoms with E-state index in [9.17, 15) is 4.39 Å². The predicted molar refractivity (Wildman–Crippen MR) is 72.5 cm³/mol. The van der Waals surface area contributed by atoms with E-state index in [1.807, 2.05) is 18.2 Å². The first-order valence-electron chi connectivity index (χ1n) is 5.65. The molecular weight excluding hydrogens is 297 g/mol. The normalized spacial score (nSPS) is 10.3. The third-order valence-corrected chi connectivity index (χ3v) is 3.17. The fraction of sp³-hybridized carbons (Fsp3) is 0.214. The zero-order valence-corrected chi connectivity index (χ0v) is 11.4. The van der Waals surface area contributed by atoms with Gasteiger partial charge in [-0.05, 0) is 29.3 Å². The van der Waals surface area contributed by atoms with Crippen molar-refractivity contribution in [2.24, 2.45) is 0 Å². The van der Waals surface area contributed by atoms with Crippen molar-refractivity contribution in [3.05, 3.63) is 59.7 Å². The first-order valence-corrected chi connectivity index (χ1v) is 6.78. The van der Waals surface area contributed by atoms with Crippen molar-refractivity contribution < 1.29 is 9.13 Å². The van der Waals surface area contributed by atoms with Crippen molar-refractivity contribution in [1.29, 1.82) is 0 Å². The number of pyridine rings is 1. The van der Waals surface area contributed by atoms with Crippen molar-refractivity contribution in [2.45, 2.75) is 11.8 Å². The number of ether oxygens (including phenoxy) is 1. The lowest BCUT2D eigenvalue weighted by Crippen LogP contribution is -2.03. The molecule has 0 aliphatic carbocycles. The molecule has 0 saturated carbocycles. The molecule has 0 bridgehead atoms. The fourth-order valence-electron chi connectivity index (χ4n) is 1.57. The first-order chi connectivity index (χ1) is 8.79. The van der Waals surface area contributed by atoms with Crippen LogP contribution < -0.4 is 4.74 Å². The Balaban J connectivity index is 1.91. The molecule has 94 valence electrons. The summed E-state index contributed by atoms with van der Waals surface area (Å²) in [4.78, 5) is 4.02. The van der Waals surface area contributed by atoms with E-state index in [1.54, 1.807) is 18.5 Å². The molecule has 4 heteroatoms. The Morgan fingerprint density at radius 2 is 2.11 bits per heavy atom. The summed E-state index contributed by atoms with van der Waals surface area (Å²) < 4.78 is 19.0. The number of nitrogens with zero attached hydrogens (tertiary/aromatic N) is 1. The molecule has 2 rings (SSSR count). The van der Waals surface area contributed by atoms with Crippen LogP contribution >= 0.6 is 15.9 Å². The van der Waals surface area contributed by atoms with Gasteiger partial charge in [-0.3, -0.25) is 4.98 Å². The average Bonchev–Trinajstić information content (AvgIpc) is 2.42. The van der Waals surface area contributed by atoms with Gasteiger partial charge in [-0.1, -0.05) is 28.1 Å². The van der Waals surface area contributed by atoms with Gasteiger partial charge in [-0.15, -0.1) is 0 Å². The number of alkyl halides is 1. The van der Waals surface area contributed by atoms with Gasteiger partial charge in [0, 0.05) is 24.1 Å². The highest BCUT2D eigenvalue weighted by Gasteiger charge is 2.04. The van der Waals surface area contributed by atoms with Gasteiger partial charge in [0.25, 0.3) is 0 Å². The molecule has 2 aromatic rings. The summed E-state index contributed by atoms with van der Waals surface area (Å²) in [6.07, 6.45) is 4.23. The van der Waals surface area contributed by atoms with Gasteiger partial charge in [0.15, 0.2) is 11.6 Å². The summed E-state index contributed by atoms with van der Waals surface area (Å²) in [5.74, 6) is -0.0262. The maximum absolute atomic E-state index is 13.6. The van der Waals surface area contributed by atoms with Crippen molar-refractivity contribution in [2.75, 3.05) is 6.61 Å². The van der Waals surface area contributed by atoms with E-state index >= 15 is 0 Å². The minimum Gasteiger partial charge on any atom is -0.490 e. The topological polar surface area (TPSA) is 22.1 Å². The molecule has 18 heavy (non-hydrogen) atoms. The molecular formula is C14H13BrFNO. The smallest absolute Gasteiger partial charge is 0.165 e. The first kappa shape index (κ1) is 13.0. The number of rotatable bonds is 5. The van der Waals surface area contributed by atoms with E-state index < -0.39 is 0 Å². The molecule has 1 aromatic carbocycles. The quantitative estimate of drug-likeness (QED) is 0.785. The SMILES string of the molecule is Fc1cc(CBr)ccc1OCCc1cccnc1. The maximum Gasteiger partial charge on any atom is 0.165 e. The van der Waals surface area contributed by atoms with Crippen molar-refractivity contribution in [3.63, 3.8) is 0 Å². The van der Waals surface area contributed by atoms with Crippen molar-refractivity contribution >= 4 is 15.9 Å². The van der Waals surface area contributed by atoms with Crippen LogP contribution in [0.15, 0.2) is 42.7 Å². The third-order valence-electron chi connectivity index (χ3n) is 2.52. The molecule has 0 unspecified atom stereocenters. The Bertz CT molecular complexity index is 504. The standard InChI is InChI=1S/C14H13BrFNO/c15-9-12-3-4-14(13(16)8-12)18-7-5-11-2-1-6-17-10-11/h1-4,6,8,10H,5,7,9H2. The highest BCUT2D eigenvalue weighted by molar-refractivity contribution is 9.08. The van der Waals surface area contributed by atoms with Crippen LogP contribution in [0.25, 0.3) is 0 Å². The number of hydrogen-bond acceptors (Lipinski definition) is 2. The lowest BCUT2D eigenvalue weighted by Gasteiger charge is -2.08. The molecule has 0 aliphatic heterocycles. The zero-order valence-electron chi connectivity index (χ0n) is 9.77. The Morgan fingerprint density at radius 3 is 2.78 bits per heavy atom. The van der Waals surface area contributed by atoms with Crippen LogP contribution in [-0.4, -0.2) is 11.6 Å². The number of halogens is 2. The molecule has 0 fully saturated rings. The van der Waals surface area contributed by atoms with E-state index in [0.29, 0.717) is 24.1 Å². The van der Waals surface area contributed by atoms with Crippen LogP contribution in [0.4, 0.5) is 4.39 Å². The van der Waals surface area contributed by atoms with Crippen LogP contribution in [-0.2, 0) is 11.8 Å². The molecule has 0 saturated heterocycles. The lowest BCUT2D eigenvalue weighted by atomic mass is 10.2. The van der Waals surface area contributed by atoms with Crippen molar-refractivity contribution in [3.8, 4) is 5.75 Å². The highest BCUT2D eigenvalue weighted by Crippen LogP contribution is 2.19. The highest BCUT2D eigenvalue weighted by atomic mass is 79.9. The van der Waals surface area contributed by atoms with Gasteiger partial charge in [-0.25, -0.2) is 4.39 Å².